The smallest absolute Gasteiger partial charge is 0.410 e. The van der Waals surface area contributed by atoms with Crippen molar-refractivity contribution in [1.82, 2.24) is 9.80 Å². The molecule has 9 nitrogen and oxygen atoms in total. The molecule has 2 saturated heterocycles. The molecule has 1 aromatic rings. The first-order chi connectivity index (χ1) is 12.3. The number of ether oxygens (including phenoxy) is 2. The lowest BCUT2D eigenvalue weighted by molar-refractivity contribution is -0.486. The minimum Gasteiger partial charge on any atom is -0.410 e. The van der Waals surface area contributed by atoms with E-state index in [4.69, 9.17) is 9.47 Å². The number of hydrazone groups is 1. The Hall–Kier alpha value is -2.68. The van der Waals surface area contributed by atoms with Crippen molar-refractivity contribution in [2.24, 2.45) is 11.0 Å². The van der Waals surface area contributed by atoms with Crippen LogP contribution in [0.4, 0.5) is 4.79 Å². The van der Waals surface area contributed by atoms with Crippen molar-refractivity contribution in [2.45, 2.75) is 25.9 Å². The monoisotopic (exact) mass is 362 g/mol. The summed E-state index contributed by atoms with van der Waals surface area (Å²) >= 11 is 0. The first-order valence-corrected chi connectivity index (χ1v) is 8.50. The molecule has 2 heterocycles. The van der Waals surface area contributed by atoms with E-state index in [-0.39, 0.29) is 24.0 Å². The number of hydrogen-bond acceptors (Lipinski definition) is 5. The molecule has 0 spiro atoms. The number of para-hydroxylation sites is 1. The molecule has 0 N–H and O–H groups in total. The standard InChI is InChI=1S/C17H22N4O5/c1-17(2)10-13(12-25-17)11-19-8-9-20(15(19)18-21(23)24)16(22)26-14-6-4-3-5-7-14/h3-7,13H,8-12H2,1-2H3. The van der Waals surface area contributed by atoms with Gasteiger partial charge in [0.15, 0.2) is 5.03 Å². The number of nitrogens with zero attached hydrogens (tertiary/aromatic N) is 4. The molecule has 3 rings (SSSR count). The number of carbonyl (C=O) groups excluding carboxylic acids is 1. The summed E-state index contributed by atoms with van der Waals surface area (Å²) in [6.45, 7) is 5.93. The topological polar surface area (TPSA) is 97.5 Å². The van der Waals surface area contributed by atoms with Crippen molar-refractivity contribution < 1.29 is 19.3 Å². The molecule has 26 heavy (non-hydrogen) atoms. The predicted molar refractivity (Wildman–Crippen MR) is 93.3 cm³/mol. The Kier molecular flexibility index (Phi) is 5.08. The molecule has 9 heteroatoms. The normalized spacial score (nSPS) is 23.5. The van der Waals surface area contributed by atoms with Crippen molar-refractivity contribution >= 4 is 12.1 Å². The van der Waals surface area contributed by atoms with Gasteiger partial charge in [-0.3, -0.25) is 0 Å². The molecule has 0 bridgehead atoms. The quantitative estimate of drug-likeness (QED) is 0.601. The molecule has 0 aromatic heterocycles. The van der Waals surface area contributed by atoms with Gasteiger partial charge in [0.25, 0.3) is 5.96 Å². The van der Waals surface area contributed by atoms with Crippen LogP contribution in [0.15, 0.2) is 35.4 Å². The van der Waals surface area contributed by atoms with Gasteiger partial charge in [-0.2, -0.15) is 0 Å². The van der Waals surface area contributed by atoms with Crippen LogP contribution in [-0.2, 0) is 4.74 Å². The Labute approximate surface area is 151 Å². The van der Waals surface area contributed by atoms with Crippen molar-refractivity contribution in [3.63, 3.8) is 0 Å². The van der Waals surface area contributed by atoms with Gasteiger partial charge in [-0.15, -0.1) is 0 Å². The summed E-state index contributed by atoms with van der Waals surface area (Å²) < 4.78 is 11.0. The van der Waals surface area contributed by atoms with Gasteiger partial charge in [-0.05, 0) is 32.4 Å². The highest BCUT2D eigenvalue weighted by molar-refractivity contribution is 5.96. The first kappa shape index (κ1) is 18.1. The molecule has 1 unspecified atom stereocenters. The minimum atomic E-state index is -0.786. The number of amides is 1. The van der Waals surface area contributed by atoms with E-state index in [1.807, 2.05) is 13.8 Å². The van der Waals surface area contributed by atoms with Crippen LogP contribution in [0.3, 0.4) is 0 Å². The number of benzene rings is 1. The molecule has 1 aromatic carbocycles. The van der Waals surface area contributed by atoms with Gasteiger partial charge in [0.2, 0.25) is 0 Å². The third-order valence-corrected chi connectivity index (χ3v) is 4.43. The Balaban J connectivity index is 1.70. The molecule has 2 aliphatic rings. The Bertz CT molecular complexity index is 706. The molecular formula is C17H22N4O5. The van der Waals surface area contributed by atoms with Gasteiger partial charge >= 0.3 is 6.09 Å². The maximum atomic E-state index is 12.4. The lowest BCUT2D eigenvalue weighted by atomic mass is 9.97. The summed E-state index contributed by atoms with van der Waals surface area (Å²) in [5.41, 5.74) is -0.198. The third-order valence-electron chi connectivity index (χ3n) is 4.43. The number of carbonyl (C=O) groups is 1. The zero-order valence-corrected chi connectivity index (χ0v) is 14.8. The van der Waals surface area contributed by atoms with Gasteiger partial charge in [0, 0.05) is 19.0 Å². The Morgan fingerprint density at radius 1 is 1.38 bits per heavy atom. The fourth-order valence-corrected chi connectivity index (χ4v) is 3.36. The number of guanidine groups is 1. The predicted octanol–water partition coefficient (Wildman–Crippen LogP) is 2.17. The Morgan fingerprint density at radius 2 is 2.12 bits per heavy atom. The van der Waals surface area contributed by atoms with Crippen LogP contribution in [0.2, 0.25) is 0 Å². The highest BCUT2D eigenvalue weighted by Gasteiger charge is 2.39. The van der Waals surface area contributed by atoms with Gasteiger partial charge in [0.1, 0.15) is 10.9 Å². The second kappa shape index (κ2) is 7.28. The molecule has 1 amide bonds. The maximum absolute atomic E-state index is 12.4. The summed E-state index contributed by atoms with van der Waals surface area (Å²) in [4.78, 5) is 26.4. The molecule has 0 radical (unpaired) electrons. The summed E-state index contributed by atoms with van der Waals surface area (Å²) in [5, 5.41) is 13.6. The minimum absolute atomic E-state index is 0.0145. The van der Waals surface area contributed by atoms with Crippen LogP contribution in [0.5, 0.6) is 5.75 Å². The average Bonchev–Trinajstić information content (AvgIpc) is 3.11. The summed E-state index contributed by atoms with van der Waals surface area (Å²) in [6, 6.07) is 8.58. The van der Waals surface area contributed by atoms with E-state index in [1.165, 1.54) is 4.90 Å². The van der Waals surface area contributed by atoms with E-state index in [2.05, 4.69) is 5.10 Å². The fourth-order valence-electron chi connectivity index (χ4n) is 3.36. The summed E-state index contributed by atoms with van der Waals surface area (Å²) in [5.74, 6) is 0.620. The van der Waals surface area contributed by atoms with Crippen LogP contribution >= 0.6 is 0 Å². The summed E-state index contributed by atoms with van der Waals surface area (Å²) in [6.07, 6.45) is 0.172. The van der Waals surface area contributed by atoms with Crippen LogP contribution in [0.1, 0.15) is 20.3 Å². The van der Waals surface area contributed by atoms with Gasteiger partial charge in [-0.1, -0.05) is 18.2 Å². The van der Waals surface area contributed by atoms with Gasteiger partial charge in [-0.25, -0.2) is 19.8 Å². The largest absolute Gasteiger partial charge is 0.422 e. The lowest BCUT2D eigenvalue weighted by Gasteiger charge is -2.22. The van der Waals surface area contributed by atoms with E-state index in [1.54, 1.807) is 35.2 Å². The second-order valence-corrected chi connectivity index (χ2v) is 7.06. The van der Waals surface area contributed by atoms with Crippen LogP contribution in [0, 0.1) is 16.0 Å². The highest BCUT2D eigenvalue weighted by atomic mass is 16.7. The average molecular weight is 362 g/mol. The van der Waals surface area contributed by atoms with E-state index in [9.17, 15) is 14.9 Å². The zero-order chi connectivity index (χ0) is 18.7. The molecule has 0 aliphatic carbocycles. The second-order valence-electron chi connectivity index (χ2n) is 7.06. The van der Waals surface area contributed by atoms with Crippen molar-refractivity contribution in [3.8, 4) is 5.75 Å². The van der Waals surface area contributed by atoms with Crippen molar-refractivity contribution in [2.75, 3.05) is 26.2 Å². The Morgan fingerprint density at radius 3 is 2.73 bits per heavy atom. The molecule has 140 valence electrons. The molecule has 2 fully saturated rings. The van der Waals surface area contributed by atoms with Crippen LogP contribution in [0.25, 0.3) is 0 Å². The van der Waals surface area contributed by atoms with Crippen molar-refractivity contribution in [3.05, 3.63) is 40.4 Å². The third kappa shape index (κ3) is 4.29. The van der Waals surface area contributed by atoms with Crippen molar-refractivity contribution in [1.29, 1.82) is 0 Å². The van der Waals surface area contributed by atoms with E-state index in [0.29, 0.717) is 25.4 Å². The van der Waals surface area contributed by atoms with E-state index < -0.39 is 11.1 Å². The van der Waals surface area contributed by atoms with E-state index in [0.717, 1.165) is 6.42 Å². The van der Waals surface area contributed by atoms with Gasteiger partial charge in [0.05, 0.1) is 18.8 Å². The molecular weight excluding hydrogens is 340 g/mol. The van der Waals surface area contributed by atoms with Gasteiger partial charge < -0.3 is 14.4 Å². The highest BCUT2D eigenvalue weighted by Crippen LogP contribution is 2.30. The summed E-state index contributed by atoms with van der Waals surface area (Å²) in [7, 11) is 0. The van der Waals surface area contributed by atoms with Crippen LogP contribution < -0.4 is 4.74 Å². The fraction of sp³-hybridized carbons (Fsp3) is 0.529. The lowest BCUT2D eigenvalue weighted by Crippen LogP contribution is -2.41. The van der Waals surface area contributed by atoms with Crippen LogP contribution in [-0.4, -0.2) is 58.7 Å². The zero-order valence-electron chi connectivity index (χ0n) is 14.8. The van der Waals surface area contributed by atoms with E-state index >= 15 is 0 Å². The number of hydrogen-bond donors (Lipinski definition) is 0. The molecule has 1 atom stereocenters. The SMILES string of the molecule is CC1(C)CC(CN2CCN(C(=O)Oc3ccccc3)C2=N[N+](=O)[O-])CO1. The molecule has 2 aliphatic heterocycles. The number of nitro groups is 1. The first-order valence-electron chi connectivity index (χ1n) is 8.50. The molecule has 0 saturated carbocycles. The number of rotatable bonds is 4. The maximum Gasteiger partial charge on any atom is 0.422 e.